The van der Waals surface area contributed by atoms with Crippen molar-refractivity contribution in [1.29, 1.82) is 0 Å². The summed E-state index contributed by atoms with van der Waals surface area (Å²) in [5, 5.41) is 0. The Labute approximate surface area is 63.8 Å². The Morgan fingerprint density at radius 1 is 1.18 bits per heavy atom. The molecule has 1 heterocycles. The minimum atomic E-state index is -0.558. The van der Waals surface area contributed by atoms with Gasteiger partial charge in [-0.05, 0) is 13.8 Å². The summed E-state index contributed by atoms with van der Waals surface area (Å²) in [5.41, 5.74) is 0.673. The zero-order valence-electron chi connectivity index (χ0n) is 6.34. The van der Waals surface area contributed by atoms with Gasteiger partial charge in [0.2, 0.25) is 0 Å². The first-order chi connectivity index (χ1) is 5.09. The molecule has 0 radical (unpaired) electrons. The third-order valence-electron chi connectivity index (χ3n) is 1.11. The van der Waals surface area contributed by atoms with Crippen molar-refractivity contribution in [2.24, 2.45) is 0 Å². The van der Waals surface area contributed by atoms with Crippen LogP contribution in [0.2, 0.25) is 0 Å². The molecule has 1 aliphatic rings. The highest BCUT2D eigenvalue weighted by Gasteiger charge is 2.24. The van der Waals surface area contributed by atoms with Crippen LogP contribution in [0.1, 0.15) is 20.3 Å². The van der Waals surface area contributed by atoms with Crippen LogP contribution >= 0.6 is 0 Å². The molecule has 0 amide bonds. The standard InChI is InChI=1S/C7H8O4/c1-4(2)7-10-5(8)3-6(9)11-7/h3H2,1-2H3. The van der Waals surface area contributed by atoms with Crippen molar-refractivity contribution in [1.82, 2.24) is 0 Å². The number of esters is 2. The summed E-state index contributed by atoms with van der Waals surface area (Å²) in [5.74, 6) is -1.10. The van der Waals surface area contributed by atoms with E-state index >= 15 is 0 Å². The molecule has 0 aliphatic carbocycles. The van der Waals surface area contributed by atoms with Crippen molar-refractivity contribution < 1.29 is 19.1 Å². The van der Waals surface area contributed by atoms with Crippen LogP contribution in [-0.2, 0) is 19.1 Å². The zero-order chi connectivity index (χ0) is 8.43. The number of carbonyl (C=O) groups is 2. The highest BCUT2D eigenvalue weighted by molar-refractivity contribution is 5.93. The van der Waals surface area contributed by atoms with Crippen LogP contribution in [0.15, 0.2) is 11.5 Å². The molecule has 4 nitrogen and oxygen atoms in total. The van der Waals surface area contributed by atoms with Crippen molar-refractivity contribution in [2.75, 3.05) is 0 Å². The summed E-state index contributed by atoms with van der Waals surface area (Å²) in [6.07, 6.45) is -0.295. The highest BCUT2D eigenvalue weighted by atomic mass is 16.7. The molecule has 60 valence electrons. The summed E-state index contributed by atoms with van der Waals surface area (Å²) in [6.45, 7) is 3.39. The van der Waals surface area contributed by atoms with Crippen LogP contribution in [0, 0.1) is 0 Å². The summed E-state index contributed by atoms with van der Waals surface area (Å²) < 4.78 is 9.23. The minimum Gasteiger partial charge on any atom is -0.392 e. The molecule has 1 aliphatic heterocycles. The van der Waals surface area contributed by atoms with E-state index in [9.17, 15) is 9.59 Å². The van der Waals surface area contributed by atoms with Gasteiger partial charge in [0.25, 0.3) is 5.95 Å². The fourth-order valence-electron chi connectivity index (χ4n) is 0.622. The van der Waals surface area contributed by atoms with Crippen LogP contribution in [0.25, 0.3) is 0 Å². The lowest BCUT2D eigenvalue weighted by Crippen LogP contribution is -2.22. The Kier molecular flexibility index (Phi) is 1.94. The average molecular weight is 156 g/mol. The van der Waals surface area contributed by atoms with Crippen molar-refractivity contribution >= 4 is 11.9 Å². The largest absolute Gasteiger partial charge is 0.392 e. The van der Waals surface area contributed by atoms with Crippen molar-refractivity contribution in [3.05, 3.63) is 11.5 Å². The van der Waals surface area contributed by atoms with Gasteiger partial charge in [0.05, 0.1) is 0 Å². The zero-order valence-corrected chi connectivity index (χ0v) is 6.34. The minimum absolute atomic E-state index is 0.0197. The van der Waals surface area contributed by atoms with E-state index in [1.54, 1.807) is 13.8 Å². The summed E-state index contributed by atoms with van der Waals surface area (Å²) in [6, 6.07) is 0. The maximum Gasteiger partial charge on any atom is 0.324 e. The molecule has 0 aromatic carbocycles. The number of cyclic esters (lactones) is 2. The average Bonchev–Trinajstić information content (AvgIpc) is 1.85. The Morgan fingerprint density at radius 2 is 1.64 bits per heavy atom. The van der Waals surface area contributed by atoms with E-state index < -0.39 is 11.9 Å². The van der Waals surface area contributed by atoms with Crippen molar-refractivity contribution in [3.8, 4) is 0 Å². The SMILES string of the molecule is CC(C)=C1OC(=O)CC(=O)O1. The Hall–Kier alpha value is -1.32. The van der Waals surface area contributed by atoms with E-state index in [4.69, 9.17) is 0 Å². The van der Waals surface area contributed by atoms with Gasteiger partial charge in [-0.1, -0.05) is 0 Å². The van der Waals surface area contributed by atoms with Crippen LogP contribution in [0.3, 0.4) is 0 Å². The lowest BCUT2D eigenvalue weighted by molar-refractivity contribution is -0.167. The fraction of sp³-hybridized carbons (Fsp3) is 0.429. The number of hydrogen-bond donors (Lipinski definition) is 0. The van der Waals surface area contributed by atoms with Gasteiger partial charge in [-0.2, -0.15) is 0 Å². The van der Waals surface area contributed by atoms with Crippen molar-refractivity contribution in [3.63, 3.8) is 0 Å². The second kappa shape index (κ2) is 2.74. The normalized spacial score (nSPS) is 17.5. The lowest BCUT2D eigenvalue weighted by atomic mass is 10.3. The molecule has 0 saturated carbocycles. The second-order valence-electron chi connectivity index (χ2n) is 2.41. The molecular weight excluding hydrogens is 148 g/mol. The molecule has 0 aromatic rings. The Balaban J connectivity index is 2.80. The molecule has 11 heavy (non-hydrogen) atoms. The van der Waals surface area contributed by atoms with Gasteiger partial charge >= 0.3 is 11.9 Å². The first-order valence-electron chi connectivity index (χ1n) is 3.18. The van der Waals surface area contributed by atoms with Crippen molar-refractivity contribution in [2.45, 2.75) is 20.3 Å². The molecule has 1 saturated heterocycles. The van der Waals surface area contributed by atoms with Gasteiger partial charge in [0.1, 0.15) is 6.42 Å². The number of allylic oxidation sites excluding steroid dienone is 1. The van der Waals surface area contributed by atoms with Gasteiger partial charge in [-0.25, -0.2) is 0 Å². The second-order valence-corrected chi connectivity index (χ2v) is 2.41. The van der Waals surface area contributed by atoms with E-state index in [0.717, 1.165) is 0 Å². The maximum atomic E-state index is 10.6. The highest BCUT2D eigenvalue weighted by Crippen LogP contribution is 2.14. The molecule has 0 atom stereocenters. The molecular formula is C7H8O4. The lowest BCUT2D eigenvalue weighted by Gasteiger charge is -2.14. The third-order valence-corrected chi connectivity index (χ3v) is 1.11. The van der Waals surface area contributed by atoms with E-state index in [0.29, 0.717) is 5.57 Å². The number of carbonyl (C=O) groups excluding carboxylic acids is 2. The maximum absolute atomic E-state index is 10.6. The van der Waals surface area contributed by atoms with Crippen LogP contribution in [0.5, 0.6) is 0 Å². The molecule has 1 rings (SSSR count). The Morgan fingerprint density at radius 3 is 2.00 bits per heavy atom. The third kappa shape index (κ3) is 1.80. The molecule has 0 spiro atoms. The van der Waals surface area contributed by atoms with E-state index in [-0.39, 0.29) is 12.4 Å². The molecule has 0 aromatic heterocycles. The van der Waals surface area contributed by atoms with Gasteiger partial charge in [-0.3, -0.25) is 9.59 Å². The van der Waals surface area contributed by atoms with E-state index in [1.165, 1.54) is 0 Å². The molecule has 0 N–H and O–H groups in total. The van der Waals surface area contributed by atoms with Crippen LogP contribution in [-0.4, -0.2) is 11.9 Å². The smallest absolute Gasteiger partial charge is 0.324 e. The molecule has 0 bridgehead atoms. The van der Waals surface area contributed by atoms with E-state index in [1.807, 2.05) is 0 Å². The van der Waals surface area contributed by atoms with Crippen LogP contribution in [0.4, 0.5) is 0 Å². The quantitative estimate of drug-likeness (QED) is 0.383. The first kappa shape index (κ1) is 7.78. The predicted molar refractivity (Wildman–Crippen MR) is 35.2 cm³/mol. The summed E-state index contributed by atoms with van der Waals surface area (Å²) in [7, 11) is 0. The first-order valence-corrected chi connectivity index (χ1v) is 3.18. The summed E-state index contributed by atoms with van der Waals surface area (Å²) >= 11 is 0. The predicted octanol–water partition coefficient (Wildman–Crippen LogP) is 0.728. The monoisotopic (exact) mass is 156 g/mol. The van der Waals surface area contributed by atoms with E-state index in [2.05, 4.69) is 9.47 Å². The molecule has 1 fully saturated rings. The number of ether oxygens (including phenoxy) is 2. The van der Waals surface area contributed by atoms with Gasteiger partial charge in [0.15, 0.2) is 0 Å². The summed E-state index contributed by atoms with van der Waals surface area (Å²) in [4.78, 5) is 21.3. The van der Waals surface area contributed by atoms with Gasteiger partial charge in [-0.15, -0.1) is 0 Å². The number of hydrogen-bond acceptors (Lipinski definition) is 4. The van der Waals surface area contributed by atoms with Crippen LogP contribution < -0.4 is 0 Å². The molecule has 0 unspecified atom stereocenters. The van der Waals surface area contributed by atoms with Gasteiger partial charge in [0, 0.05) is 5.57 Å². The topological polar surface area (TPSA) is 52.6 Å². The Bertz CT molecular complexity index is 217. The fourth-order valence-corrected chi connectivity index (χ4v) is 0.622. The number of rotatable bonds is 0. The molecule has 4 heteroatoms. The van der Waals surface area contributed by atoms with Gasteiger partial charge < -0.3 is 9.47 Å².